The molecule has 0 aliphatic carbocycles. The lowest BCUT2D eigenvalue weighted by molar-refractivity contribution is 0.177. The molecule has 0 saturated carbocycles. The van der Waals surface area contributed by atoms with Crippen molar-refractivity contribution in [1.29, 1.82) is 0 Å². The third kappa shape index (κ3) is 3.18. The van der Waals surface area contributed by atoms with E-state index < -0.39 is 6.10 Å². The molecule has 2 aromatic carbocycles. The van der Waals surface area contributed by atoms with E-state index in [1.807, 2.05) is 24.3 Å². The first kappa shape index (κ1) is 12.3. The molecule has 88 valence electrons. The fourth-order valence-corrected chi connectivity index (χ4v) is 2.35. The van der Waals surface area contributed by atoms with Crippen molar-refractivity contribution in [2.75, 3.05) is 0 Å². The molecule has 1 atom stereocenters. The molecule has 1 N–H and O–H groups in total. The molecule has 1 unspecified atom stereocenters. The summed E-state index contributed by atoms with van der Waals surface area (Å²) in [5.74, 6) is 0. The molecule has 0 saturated heterocycles. The summed E-state index contributed by atoms with van der Waals surface area (Å²) in [7, 11) is 0. The van der Waals surface area contributed by atoms with Gasteiger partial charge in [-0.25, -0.2) is 0 Å². The van der Waals surface area contributed by atoms with Gasteiger partial charge in [0.05, 0.1) is 6.10 Å². The summed E-state index contributed by atoms with van der Waals surface area (Å²) < 4.78 is 0.958. The van der Waals surface area contributed by atoms with Gasteiger partial charge in [-0.1, -0.05) is 64.0 Å². The Bertz CT molecular complexity index is 491. The number of aliphatic hydroxyl groups is 1. The van der Waals surface area contributed by atoms with Gasteiger partial charge in [-0.3, -0.25) is 0 Å². The summed E-state index contributed by atoms with van der Waals surface area (Å²) in [5.41, 5.74) is 3.33. The first-order valence-electron chi connectivity index (χ1n) is 5.65. The smallest absolute Gasteiger partial charge is 0.0841 e. The van der Waals surface area contributed by atoms with Crippen LogP contribution in [0.1, 0.15) is 22.8 Å². The Kier molecular flexibility index (Phi) is 3.97. The molecule has 2 aromatic rings. The van der Waals surface area contributed by atoms with Gasteiger partial charge < -0.3 is 5.11 Å². The van der Waals surface area contributed by atoms with Gasteiger partial charge in [0.2, 0.25) is 0 Å². The van der Waals surface area contributed by atoms with Gasteiger partial charge in [-0.2, -0.15) is 0 Å². The molecular weight excluding hydrogens is 276 g/mol. The van der Waals surface area contributed by atoms with Crippen molar-refractivity contribution >= 4 is 15.9 Å². The second kappa shape index (κ2) is 5.48. The maximum Gasteiger partial charge on any atom is 0.0841 e. The van der Waals surface area contributed by atoms with Crippen molar-refractivity contribution < 1.29 is 5.11 Å². The SMILES string of the molecule is Cc1ccc(CC(O)c2ccccc2Br)cc1. The van der Waals surface area contributed by atoms with Crippen LogP contribution in [0, 0.1) is 6.92 Å². The molecule has 0 amide bonds. The van der Waals surface area contributed by atoms with Gasteiger partial charge in [0.15, 0.2) is 0 Å². The van der Waals surface area contributed by atoms with Crippen LogP contribution in [0.4, 0.5) is 0 Å². The molecule has 0 fully saturated rings. The Balaban J connectivity index is 2.14. The van der Waals surface area contributed by atoms with E-state index in [4.69, 9.17) is 0 Å². The molecule has 0 bridgehead atoms. The number of aliphatic hydroxyl groups excluding tert-OH is 1. The highest BCUT2D eigenvalue weighted by molar-refractivity contribution is 9.10. The lowest BCUT2D eigenvalue weighted by atomic mass is 10.0. The van der Waals surface area contributed by atoms with Gasteiger partial charge in [0.25, 0.3) is 0 Å². The van der Waals surface area contributed by atoms with Crippen LogP contribution in [0.2, 0.25) is 0 Å². The van der Waals surface area contributed by atoms with Crippen LogP contribution in [0.15, 0.2) is 53.0 Å². The van der Waals surface area contributed by atoms with E-state index in [1.54, 1.807) is 0 Å². The maximum atomic E-state index is 10.2. The van der Waals surface area contributed by atoms with Crippen LogP contribution in [-0.4, -0.2) is 5.11 Å². The van der Waals surface area contributed by atoms with Gasteiger partial charge in [-0.05, 0) is 24.1 Å². The summed E-state index contributed by atoms with van der Waals surface area (Å²) in [6.45, 7) is 2.06. The van der Waals surface area contributed by atoms with E-state index in [9.17, 15) is 5.11 Å². The Morgan fingerprint density at radius 1 is 1.06 bits per heavy atom. The van der Waals surface area contributed by atoms with Gasteiger partial charge in [0, 0.05) is 10.9 Å². The molecule has 0 aliphatic heterocycles. The summed E-state index contributed by atoms with van der Waals surface area (Å²) in [6.07, 6.45) is 0.177. The average Bonchev–Trinajstić information content (AvgIpc) is 2.32. The van der Waals surface area contributed by atoms with Crippen molar-refractivity contribution in [2.24, 2.45) is 0 Å². The second-order valence-corrected chi connectivity index (χ2v) is 5.08. The Labute approximate surface area is 110 Å². The summed E-state index contributed by atoms with van der Waals surface area (Å²) in [6, 6.07) is 16.1. The zero-order valence-corrected chi connectivity index (χ0v) is 11.3. The zero-order chi connectivity index (χ0) is 12.3. The van der Waals surface area contributed by atoms with E-state index in [0.717, 1.165) is 15.6 Å². The second-order valence-electron chi connectivity index (χ2n) is 4.23. The van der Waals surface area contributed by atoms with Crippen LogP contribution in [0.25, 0.3) is 0 Å². The van der Waals surface area contributed by atoms with Crippen molar-refractivity contribution in [2.45, 2.75) is 19.4 Å². The molecule has 2 rings (SSSR count). The van der Waals surface area contributed by atoms with Crippen LogP contribution < -0.4 is 0 Å². The topological polar surface area (TPSA) is 20.2 Å². The Morgan fingerprint density at radius 2 is 1.71 bits per heavy atom. The Hall–Kier alpha value is -1.12. The summed E-state index contributed by atoms with van der Waals surface area (Å²) >= 11 is 3.46. The summed E-state index contributed by atoms with van der Waals surface area (Å²) in [4.78, 5) is 0. The highest BCUT2D eigenvalue weighted by atomic mass is 79.9. The lowest BCUT2D eigenvalue weighted by Crippen LogP contribution is -2.02. The van der Waals surface area contributed by atoms with E-state index in [1.165, 1.54) is 5.56 Å². The molecule has 0 aromatic heterocycles. The quantitative estimate of drug-likeness (QED) is 0.905. The average molecular weight is 291 g/mol. The number of benzene rings is 2. The molecular formula is C15H15BrO. The van der Waals surface area contributed by atoms with Crippen molar-refractivity contribution in [3.63, 3.8) is 0 Å². The molecule has 0 aliphatic rings. The highest BCUT2D eigenvalue weighted by Crippen LogP contribution is 2.25. The van der Waals surface area contributed by atoms with Gasteiger partial charge in [-0.15, -0.1) is 0 Å². The summed E-state index contributed by atoms with van der Waals surface area (Å²) in [5, 5.41) is 10.2. The number of halogens is 1. The minimum Gasteiger partial charge on any atom is -0.388 e. The predicted octanol–water partition coefficient (Wildman–Crippen LogP) is 4.03. The Morgan fingerprint density at radius 3 is 2.35 bits per heavy atom. The molecule has 1 nitrogen and oxygen atoms in total. The van der Waals surface area contributed by atoms with Crippen LogP contribution in [0.3, 0.4) is 0 Å². The molecule has 2 heteroatoms. The van der Waals surface area contributed by atoms with Crippen LogP contribution in [-0.2, 0) is 6.42 Å². The fraction of sp³-hybridized carbons (Fsp3) is 0.200. The highest BCUT2D eigenvalue weighted by Gasteiger charge is 2.11. The molecule has 0 radical (unpaired) electrons. The lowest BCUT2D eigenvalue weighted by Gasteiger charge is -2.13. The fourth-order valence-electron chi connectivity index (χ4n) is 1.80. The first-order valence-corrected chi connectivity index (χ1v) is 6.44. The van der Waals surface area contributed by atoms with Crippen molar-refractivity contribution in [3.8, 4) is 0 Å². The normalized spacial score (nSPS) is 12.4. The van der Waals surface area contributed by atoms with E-state index in [2.05, 4.69) is 47.1 Å². The number of hydrogen-bond donors (Lipinski definition) is 1. The van der Waals surface area contributed by atoms with E-state index in [0.29, 0.717) is 6.42 Å². The van der Waals surface area contributed by atoms with Gasteiger partial charge in [0.1, 0.15) is 0 Å². The number of aryl methyl sites for hydroxylation is 1. The van der Waals surface area contributed by atoms with Crippen LogP contribution >= 0.6 is 15.9 Å². The monoisotopic (exact) mass is 290 g/mol. The van der Waals surface area contributed by atoms with Gasteiger partial charge >= 0.3 is 0 Å². The van der Waals surface area contributed by atoms with Crippen LogP contribution in [0.5, 0.6) is 0 Å². The third-order valence-electron chi connectivity index (χ3n) is 2.81. The first-order chi connectivity index (χ1) is 8.16. The number of hydrogen-bond acceptors (Lipinski definition) is 1. The van der Waals surface area contributed by atoms with E-state index in [-0.39, 0.29) is 0 Å². The van der Waals surface area contributed by atoms with Crippen molar-refractivity contribution in [3.05, 3.63) is 69.7 Å². The van der Waals surface area contributed by atoms with Crippen molar-refractivity contribution in [1.82, 2.24) is 0 Å². The minimum absolute atomic E-state index is 0.465. The standard InChI is InChI=1S/C15H15BrO/c1-11-6-8-12(9-7-11)10-15(17)13-4-2-3-5-14(13)16/h2-9,15,17H,10H2,1H3. The predicted molar refractivity (Wildman–Crippen MR) is 74.0 cm³/mol. The largest absolute Gasteiger partial charge is 0.388 e. The van der Waals surface area contributed by atoms with E-state index >= 15 is 0 Å². The maximum absolute atomic E-state index is 10.2. The zero-order valence-electron chi connectivity index (χ0n) is 9.73. The molecule has 17 heavy (non-hydrogen) atoms. The third-order valence-corrected chi connectivity index (χ3v) is 3.54. The minimum atomic E-state index is -0.465. The molecule has 0 heterocycles. The molecule has 0 spiro atoms. The number of rotatable bonds is 3.